The molecule has 2 aromatic heterocycles. The number of aliphatic hydroxyl groups excluding tert-OH is 1. The van der Waals surface area contributed by atoms with Gasteiger partial charge in [0.25, 0.3) is 0 Å². The maximum absolute atomic E-state index is 13.7. The summed E-state index contributed by atoms with van der Waals surface area (Å²) in [6.07, 6.45) is 6.33. The van der Waals surface area contributed by atoms with Gasteiger partial charge in [-0.15, -0.1) is 0 Å². The third-order valence-corrected chi connectivity index (χ3v) is 6.06. The lowest BCUT2D eigenvalue weighted by Crippen LogP contribution is -2.20. The summed E-state index contributed by atoms with van der Waals surface area (Å²) in [5, 5.41) is 20.3. The van der Waals surface area contributed by atoms with Crippen molar-refractivity contribution in [3.8, 4) is 17.2 Å². The van der Waals surface area contributed by atoms with E-state index in [1.807, 2.05) is 25.3 Å². The Kier molecular flexibility index (Phi) is 4.74. The van der Waals surface area contributed by atoms with Crippen molar-refractivity contribution in [3.05, 3.63) is 46.6 Å². The average Bonchev–Trinajstić information content (AvgIpc) is 3.04. The van der Waals surface area contributed by atoms with Crippen molar-refractivity contribution in [2.24, 2.45) is 0 Å². The summed E-state index contributed by atoms with van der Waals surface area (Å²) in [4.78, 5) is 3.73. The maximum atomic E-state index is 13.7. The topological polar surface area (TPSA) is 87.9 Å². The number of nitrogens with zero attached hydrogens (tertiary/aromatic N) is 3. The Morgan fingerprint density at radius 1 is 1.29 bits per heavy atom. The summed E-state index contributed by atoms with van der Waals surface area (Å²) in [6, 6.07) is 6.29. The molecular weight excluding hydrogens is 379 g/mol. The maximum Gasteiger partial charge on any atom is 0.237 e. The van der Waals surface area contributed by atoms with Gasteiger partial charge in [-0.3, -0.25) is 0 Å². The Balaban J connectivity index is 1.96. The van der Waals surface area contributed by atoms with Gasteiger partial charge in [-0.05, 0) is 50.3 Å². The van der Waals surface area contributed by atoms with Gasteiger partial charge in [0, 0.05) is 40.5 Å². The number of fused-ring (bicyclic) bond motifs is 1. The molecule has 144 valence electrons. The Morgan fingerprint density at radius 3 is 2.68 bits per heavy atom. The van der Waals surface area contributed by atoms with Gasteiger partial charge < -0.3 is 15.4 Å². The number of nitrogen functional groups attached to an aromatic ring is 1. The number of aromatic nitrogens is 2. The number of aryl methyl sites for hydroxylation is 1. The number of hydrogen-bond acceptors (Lipinski definition) is 4. The van der Waals surface area contributed by atoms with Crippen LogP contribution in [0.1, 0.15) is 42.9 Å². The molecule has 4 rings (SSSR count). The van der Waals surface area contributed by atoms with Crippen molar-refractivity contribution < 1.29 is 9.50 Å². The summed E-state index contributed by atoms with van der Waals surface area (Å²) in [5.74, 6) is -0.799. The Bertz CT molecular complexity index is 1110. The standard InChI is InChI=1S/C21H20ClFN4O/c1-11-6-18-15(7-12(11)8-24)17(16-9-26-21(23)20(25)19(16)22)10-27(18)13-2-4-14(28)5-3-13/h6-7,9-10,13-14,28H,2-5,25H2,1H3. The molecular formula is C21H20ClFN4O. The van der Waals surface area contributed by atoms with Gasteiger partial charge >= 0.3 is 0 Å². The zero-order chi connectivity index (χ0) is 20.0. The second-order valence-electron chi connectivity index (χ2n) is 7.40. The number of nitriles is 1. The first-order chi connectivity index (χ1) is 13.4. The predicted molar refractivity (Wildman–Crippen MR) is 108 cm³/mol. The Labute approximate surface area is 167 Å². The van der Waals surface area contributed by atoms with E-state index in [2.05, 4.69) is 15.6 Å². The minimum absolute atomic E-state index is 0.115. The fourth-order valence-corrected chi connectivity index (χ4v) is 4.27. The molecule has 3 aromatic rings. The SMILES string of the molecule is Cc1cc2c(cc1C#N)c(-c1cnc(F)c(N)c1Cl)cn2C1CCC(O)CC1. The van der Waals surface area contributed by atoms with E-state index in [1.54, 1.807) is 0 Å². The summed E-state index contributed by atoms with van der Waals surface area (Å²) in [5.41, 5.74) is 9.31. The number of halogens is 2. The minimum atomic E-state index is -0.799. The molecule has 3 N–H and O–H groups in total. The quantitative estimate of drug-likeness (QED) is 0.610. The van der Waals surface area contributed by atoms with Crippen LogP contribution >= 0.6 is 11.6 Å². The van der Waals surface area contributed by atoms with E-state index in [-0.39, 0.29) is 22.9 Å². The largest absolute Gasteiger partial charge is 0.394 e. The van der Waals surface area contributed by atoms with E-state index in [0.29, 0.717) is 11.1 Å². The summed E-state index contributed by atoms with van der Waals surface area (Å²) < 4.78 is 15.9. The number of rotatable bonds is 2. The van der Waals surface area contributed by atoms with Crippen LogP contribution in [0.4, 0.5) is 10.1 Å². The smallest absolute Gasteiger partial charge is 0.237 e. The molecule has 0 atom stereocenters. The number of anilines is 1. The molecule has 28 heavy (non-hydrogen) atoms. The van der Waals surface area contributed by atoms with E-state index in [4.69, 9.17) is 17.3 Å². The number of hydrogen-bond donors (Lipinski definition) is 2. The monoisotopic (exact) mass is 398 g/mol. The zero-order valence-electron chi connectivity index (χ0n) is 15.4. The molecule has 0 radical (unpaired) electrons. The van der Waals surface area contributed by atoms with Gasteiger partial charge in [-0.2, -0.15) is 9.65 Å². The van der Waals surface area contributed by atoms with Crippen LogP contribution in [0.5, 0.6) is 0 Å². The van der Waals surface area contributed by atoms with Gasteiger partial charge in [0.2, 0.25) is 5.95 Å². The van der Waals surface area contributed by atoms with Crippen LogP contribution in [0.3, 0.4) is 0 Å². The molecule has 1 fully saturated rings. The van der Waals surface area contributed by atoms with Crippen molar-refractivity contribution in [1.82, 2.24) is 9.55 Å². The van der Waals surface area contributed by atoms with E-state index in [0.717, 1.165) is 47.7 Å². The highest BCUT2D eigenvalue weighted by atomic mass is 35.5. The van der Waals surface area contributed by atoms with Gasteiger partial charge in [-0.25, -0.2) is 4.98 Å². The van der Waals surface area contributed by atoms with Crippen LogP contribution in [-0.4, -0.2) is 20.8 Å². The Hall–Kier alpha value is -2.62. The van der Waals surface area contributed by atoms with E-state index < -0.39 is 5.95 Å². The average molecular weight is 399 g/mol. The second-order valence-corrected chi connectivity index (χ2v) is 7.78. The van der Waals surface area contributed by atoms with E-state index in [1.165, 1.54) is 6.20 Å². The fourth-order valence-electron chi connectivity index (χ4n) is 4.04. The van der Waals surface area contributed by atoms with Crippen LogP contribution in [0.2, 0.25) is 5.02 Å². The van der Waals surface area contributed by atoms with Crippen LogP contribution in [-0.2, 0) is 0 Å². The Morgan fingerprint density at radius 2 is 2.00 bits per heavy atom. The first kappa shape index (κ1) is 18.7. The summed E-state index contributed by atoms with van der Waals surface area (Å²) in [7, 11) is 0. The third kappa shape index (κ3) is 3.01. The molecule has 0 aliphatic heterocycles. The van der Waals surface area contributed by atoms with Crippen molar-refractivity contribution >= 4 is 28.2 Å². The van der Waals surface area contributed by atoms with Crippen molar-refractivity contribution in [1.29, 1.82) is 5.26 Å². The lowest BCUT2D eigenvalue weighted by molar-refractivity contribution is 0.111. The summed E-state index contributed by atoms with van der Waals surface area (Å²) in [6.45, 7) is 1.91. The van der Waals surface area contributed by atoms with Crippen LogP contribution < -0.4 is 5.73 Å². The molecule has 0 amide bonds. The number of nitrogens with two attached hydrogens (primary N) is 1. The predicted octanol–water partition coefficient (Wildman–Crippen LogP) is 4.73. The van der Waals surface area contributed by atoms with E-state index in [9.17, 15) is 14.8 Å². The van der Waals surface area contributed by atoms with Crippen LogP contribution in [0.25, 0.3) is 22.0 Å². The van der Waals surface area contributed by atoms with E-state index >= 15 is 0 Å². The fraction of sp³-hybridized carbons (Fsp3) is 0.333. The molecule has 1 aromatic carbocycles. The number of aliphatic hydroxyl groups is 1. The molecule has 5 nitrogen and oxygen atoms in total. The molecule has 0 unspecified atom stereocenters. The highest BCUT2D eigenvalue weighted by Crippen LogP contribution is 2.41. The van der Waals surface area contributed by atoms with Crippen LogP contribution in [0, 0.1) is 24.2 Å². The first-order valence-corrected chi connectivity index (χ1v) is 9.61. The second kappa shape index (κ2) is 7.08. The highest BCUT2D eigenvalue weighted by Gasteiger charge is 2.25. The zero-order valence-corrected chi connectivity index (χ0v) is 16.2. The normalized spacial score (nSPS) is 19.7. The van der Waals surface area contributed by atoms with Gasteiger partial charge in [0.05, 0.1) is 22.8 Å². The van der Waals surface area contributed by atoms with Crippen molar-refractivity contribution in [2.45, 2.75) is 44.8 Å². The molecule has 0 spiro atoms. The molecule has 0 saturated heterocycles. The molecule has 7 heteroatoms. The van der Waals surface area contributed by atoms with Gasteiger partial charge in [0.15, 0.2) is 0 Å². The van der Waals surface area contributed by atoms with Crippen LogP contribution in [0.15, 0.2) is 24.5 Å². The minimum Gasteiger partial charge on any atom is -0.394 e. The molecule has 2 heterocycles. The van der Waals surface area contributed by atoms with Crippen molar-refractivity contribution in [2.75, 3.05) is 5.73 Å². The number of benzene rings is 1. The molecule has 1 aliphatic carbocycles. The number of pyridine rings is 1. The third-order valence-electron chi connectivity index (χ3n) is 5.65. The first-order valence-electron chi connectivity index (χ1n) is 9.24. The lowest BCUT2D eigenvalue weighted by Gasteiger charge is -2.27. The highest BCUT2D eigenvalue weighted by molar-refractivity contribution is 6.36. The summed E-state index contributed by atoms with van der Waals surface area (Å²) >= 11 is 6.34. The molecule has 1 aliphatic rings. The lowest BCUT2D eigenvalue weighted by atomic mass is 9.93. The molecule has 1 saturated carbocycles. The molecule has 0 bridgehead atoms. The van der Waals surface area contributed by atoms with Gasteiger partial charge in [0.1, 0.15) is 5.69 Å². The van der Waals surface area contributed by atoms with Gasteiger partial charge in [-0.1, -0.05) is 11.6 Å². The van der Waals surface area contributed by atoms with Crippen molar-refractivity contribution in [3.63, 3.8) is 0 Å².